The van der Waals surface area contributed by atoms with Gasteiger partial charge in [-0.25, -0.2) is 9.59 Å². The Bertz CT molecular complexity index is 819. The minimum absolute atomic E-state index is 0.0226. The van der Waals surface area contributed by atoms with Crippen LogP contribution in [-0.4, -0.2) is 55.7 Å². The lowest BCUT2D eigenvalue weighted by molar-refractivity contribution is 0.0600. The third-order valence-corrected chi connectivity index (χ3v) is 5.54. The molecular weight excluding hydrogens is 376 g/mol. The van der Waals surface area contributed by atoms with E-state index in [9.17, 15) is 9.59 Å². The average molecular weight is 401 g/mol. The SMILES string of the molecule is COC(=O)c1ccc(CN(C(=O)N2CCSCC2)c2cccc(OC)c2)cc1. The topological polar surface area (TPSA) is 59.1 Å². The van der Waals surface area contributed by atoms with Crippen LogP contribution in [0.2, 0.25) is 0 Å². The van der Waals surface area contributed by atoms with Gasteiger partial charge < -0.3 is 14.4 Å². The molecular formula is C21H24N2O4S. The van der Waals surface area contributed by atoms with Crippen LogP contribution in [0.15, 0.2) is 48.5 Å². The smallest absolute Gasteiger partial charge is 0.337 e. The van der Waals surface area contributed by atoms with Crippen molar-refractivity contribution in [2.24, 2.45) is 0 Å². The predicted octanol–water partition coefficient (Wildman–Crippen LogP) is 3.66. The highest BCUT2D eigenvalue weighted by molar-refractivity contribution is 7.99. The number of urea groups is 1. The molecule has 0 aromatic heterocycles. The van der Waals surface area contributed by atoms with Crippen LogP contribution in [0.1, 0.15) is 15.9 Å². The van der Waals surface area contributed by atoms with Gasteiger partial charge in [0.05, 0.1) is 26.3 Å². The molecule has 1 saturated heterocycles. The molecule has 0 atom stereocenters. The van der Waals surface area contributed by atoms with Gasteiger partial charge in [-0.3, -0.25) is 4.90 Å². The zero-order valence-corrected chi connectivity index (χ0v) is 16.9. The van der Waals surface area contributed by atoms with Gasteiger partial charge in [-0.1, -0.05) is 18.2 Å². The summed E-state index contributed by atoms with van der Waals surface area (Å²) < 4.78 is 10.1. The molecule has 0 saturated carbocycles. The first-order chi connectivity index (χ1) is 13.6. The highest BCUT2D eigenvalue weighted by Gasteiger charge is 2.24. The predicted molar refractivity (Wildman–Crippen MR) is 111 cm³/mol. The maximum absolute atomic E-state index is 13.3. The Morgan fingerprint density at radius 1 is 1.07 bits per heavy atom. The molecule has 0 N–H and O–H groups in total. The van der Waals surface area contributed by atoms with Crippen LogP contribution in [0.5, 0.6) is 5.75 Å². The second-order valence-corrected chi connectivity index (χ2v) is 7.58. The molecule has 2 aromatic carbocycles. The van der Waals surface area contributed by atoms with Gasteiger partial charge >= 0.3 is 12.0 Å². The number of benzene rings is 2. The molecule has 1 heterocycles. The van der Waals surface area contributed by atoms with Gasteiger partial charge in [0.15, 0.2) is 0 Å². The van der Waals surface area contributed by atoms with E-state index in [-0.39, 0.29) is 12.0 Å². The Labute approximate surface area is 169 Å². The summed E-state index contributed by atoms with van der Waals surface area (Å²) >= 11 is 1.86. The maximum Gasteiger partial charge on any atom is 0.337 e. The zero-order chi connectivity index (χ0) is 19.9. The Kier molecular flexibility index (Phi) is 6.81. The number of anilines is 1. The van der Waals surface area contributed by atoms with Gasteiger partial charge in [-0.05, 0) is 29.8 Å². The third-order valence-electron chi connectivity index (χ3n) is 4.59. The number of carbonyl (C=O) groups excluding carboxylic acids is 2. The molecule has 1 aliphatic rings. The normalized spacial score (nSPS) is 13.7. The molecule has 148 valence electrons. The van der Waals surface area contributed by atoms with E-state index in [1.54, 1.807) is 24.1 Å². The summed E-state index contributed by atoms with van der Waals surface area (Å²) in [7, 11) is 2.97. The number of hydrogen-bond acceptors (Lipinski definition) is 5. The minimum atomic E-state index is -0.377. The van der Waals surface area contributed by atoms with Crippen LogP contribution >= 0.6 is 11.8 Å². The first kappa shape index (κ1) is 20.1. The van der Waals surface area contributed by atoms with Gasteiger partial charge in [-0.2, -0.15) is 11.8 Å². The largest absolute Gasteiger partial charge is 0.497 e. The second-order valence-electron chi connectivity index (χ2n) is 6.36. The van der Waals surface area contributed by atoms with Crippen molar-refractivity contribution in [1.82, 2.24) is 4.90 Å². The molecule has 0 radical (unpaired) electrons. The van der Waals surface area contributed by atoms with Gasteiger partial charge in [0.2, 0.25) is 0 Å². The Morgan fingerprint density at radius 3 is 2.43 bits per heavy atom. The molecule has 6 nitrogen and oxygen atoms in total. The van der Waals surface area contributed by atoms with E-state index in [0.29, 0.717) is 17.9 Å². The van der Waals surface area contributed by atoms with Crippen molar-refractivity contribution < 1.29 is 19.1 Å². The lowest BCUT2D eigenvalue weighted by atomic mass is 10.1. The van der Waals surface area contributed by atoms with Crippen LogP contribution in [0.3, 0.4) is 0 Å². The summed E-state index contributed by atoms with van der Waals surface area (Å²) in [5.41, 5.74) is 2.19. The molecule has 1 aliphatic heterocycles. The number of ether oxygens (including phenoxy) is 2. The van der Waals surface area contributed by atoms with Crippen molar-refractivity contribution in [3.8, 4) is 5.75 Å². The minimum Gasteiger partial charge on any atom is -0.497 e. The number of hydrogen-bond donors (Lipinski definition) is 0. The fourth-order valence-corrected chi connectivity index (χ4v) is 3.92. The average Bonchev–Trinajstić information content (AvgIpc) is 2.77. The Morgan fingerprint density at radius 2 is 1.79 bits per heavy atom. The van der Waals surface area contributed by atoms with E-state index in [4.69, 9.17) is 9.47 Å². The fourth-order valence-electron chi connectivity index (χ4n) is 3.02. The molecule has 3 rings (SSSR count). The molecule has 0 unspecified atom stereocenters. The van der Waals surface area contributed by atoms with Crippen molar-refractivity contribution in [2.75, 3.05) is 43.7 Å². The molecule has 7 heteroatoms. The van der Waals surface area contributed by atoms with E-state index < -0.39 is 0 Å². The first-order valence-electron chi connectivity index (χ1n) is 9.08. The highest BCUT2D eigenvalue weighted by Crippen LogP contribution is 2.25. The quantitative estimate of drug-likeness (QED) is 0.717. The van der Waals surface area contributed by atoms with Crippen molar-refractivity contribution >= 4 is 29.4 Å². The molecule has 28 heavy (non-hydrogen) atoms. The number of esters is 1. The number of thioether (sulfide) groups is 1. The van der Waals surface area contributed by atoms with E-state index >= 15 is 0 Å². The summed E-state index contributed by atoms with van der Waals surface area (Å²) in [6.45, 7) is 1.88. The summed E-state index contributed by atoms with van der Waals surface area (Å²) in [6.07, 6.45) is 0. The fraction of sp³-hybridized carbons (Fsp3) is 0.333. The van der Waals surface area contributed by atoms with Crippen LogP contribution in [0.25, 0.3) is 0 Å². The summed E-state index contributed by atoms with van der Waals surface area (Å²) in [6, 6.07) is 14.6. The Balaban J connectivity index is 1.86. The summed E-state index contributed by atoms with van der Waals surface area (Å²) in [4.78, 5) is 28.5. The van der Waals surface area contributed by atoms with E-state index in [1.165, 1.54) is 7.11 Å². The first-order valence-corrected chi connectivity index (χ1v) is 10.2. The monoisotopic (exact) mass is 400 g/mol. The Hall–Kier alpha value is -2.67. The van der Waals surface area contributed by atoms with Crippen LogP contribution in [0, 0.1) is 0 Å². The van der Waals surface area contributed by atoms with Crippen LogP contribution < -0.4 is 9.64 Å². The molecule has 1 fully saturated rings. The van der Waals surface area contributed by atoms with Crippen molar-refractivity contribution in [1.29, 1.82) is 0 Å². The lowest BCUT2D eigenvalue weighted by Gasteiger charge is -2.33. The lowest BCUT2D eigenvalue weighted by Crippen LogP contribution is -2.46. The summed E-state index contributed by atoms with van der Waals surface area (Å²) in [5.74, 6) is 2.22. The van der Waals surface area contributed by atoms with Gasteiger partial charge in [0.25, 0.3) is 0 Å². The van der Waals surface area contributed by atoms with E-state index in [1.807, 2.05) is 53.1 Å². The van der Waals surface area contributed by atoms with E-state index in [0.717, 1.165) is 35.8 Å². The van der Waals surface area contributed by atoms with E-state index in [2.05, 4.69) is 0 Å². The number of nitrogens with zero attached hydrogens (tertiary/aromatic N) is 2. The highest BCUT2D eigenvalue weighted by atomic mass is 32.2. The van der Waals surface area contributed by atoms with Gasteiger partial charge in [0.1, 0.15) is 5.75 Å². The van der Waals surface area contributed by atoms with Gasteiger partial charge in [-0.15, -0.1) is 0 Å². The molecule has 2 amide bonds. The second kappa shape index (κ2) is 9.50. The molecule has 0 bridgehead atoms. The van der Waals surface area contributed by atoms with Crippen molar-refractivity contribution in [3.05, 3.63) is 59.7 Å². The number of methoxy groups -OCH3 is 2. The van der Waals surface area contributed by atoms with Crippen LogP contribution in [0.4, 0.5) is 10.5 Å². The van der Waals surface area contributed by atoms with Crippen molar-refractivity contribution in [2.45, 2.75) is 6.54 Å². The van der Waals surface area contributed by atoms with Crippen LogP contribution in [-0.2, 0) is 11.3 Å². The van der Waals surface area contributed by atoms with Gasteiger partial charge in [0, 0.05) is 36.3 Å². The standard InChI is InChI=1S/C21H24N2O4S/c1-26-19-5-3-4-18(14-19)23(21(25)22-10-12-28-13-11-22)15-16-6-8-17(9-7-16)20(24)27-2/h3-9,14H,10-13,15H2,1-2H3. The van der Waals surface area contributed by atoms with Crippen molar-refractivity contribution in [3.63, 3.8) is 0 Å². The maximum atomic E-state index is 13.3. The number of carbonyl (C=O) groups is 2. The molecule has 0 aliphatic carbocycles. The zero-order valence-electron chi connectivity index (χ0n) is 16.1. The molecule has 2 aromatic rings. The number of amides is 2. The number of rotatable bonds is 5. The summed E-state index contributed by atoms with van der Waals surface area (Å²) in [5, 5.41) is 0. The third kappa shape index (κ3) is 4.78. The molecule has 0 spiro atoms.